The molecule has 0 unspecified atom stereocenters. The summed E-state index contributed by atoms with van der Waals surface area (Å²) in [7, 11) is 3.29. The van der Waals surface area contributed by atoms with Gasteiger partial charge in [0, 0.05) is 6.54 Å². The SMILES string of the molecule is CCn1ncnc1CNCCc1ccc(OC)c(OC)c1. The topological polar surface area (TPSA) is 61.2 Å². The van der Waals surface area contributed by atoms with Crippen LogP contribution in [0.3, 0.4) is 0 Å². The molecule has 2 rings (SSSR count). The molecule has 6 nitrogen and oxygen atoms in total. The van der Waals surface area contributed by atoms with Crippen LogP contribution in [0.15, 0.2) is 24.5 Å². The molecule has 0 spiro atoms. The number of methoxy groups -OCH3 is 2. The minimum atomic E-state index is 0.723. The molecule has 0 amide bonds. The van der Waals surface area contributed by atoms with Crippen LogP contribution in [0.4, 0.5) is 0 Å². The molecule has 2 aromatic rings. The minimum Gasteiger partial charge on any atom is -0.493 e. The van der Waals surface area contributed by atoms with E-state index in [4.69, 9.17) is 9.47 Å². The zero-order chi connectivity index (χ0) is 15.1. The Bertz CT molecular complexity index is 569. The van der Waals surface area contributed by atoms with E-state index in [1.54, 1.807) is 20.5 Å². The molecule has 0 radical (unpaired) electrons. The average Bonchev–Trinajstić information content (AvgIpc) is 2.98. The molecular weight excluding hydrogens is 268 g/mol. The summed E-state index contributed by atoms with van der Waals surface area (Å²) in [5.74, 6) is 2.48. The van der Waals surface area contributed by atoms with Crippen LogP contribution in [0.5, 0.6) is 11.5 Å². The molecule has 21 heavy (non-hydrogen) atoms. The number of nitrogens with one attached hydrogen (secondary N) is 1. The summed E-state index contributed by atoms with van der Waals surface area (Å²) in [6.07, 6.45) is 2.51. The summed E-state index contributed by atoms with van der Waals surface area (Å²) in [5.41, 5.74) is 1.21. The Hall–Kier alpha value is -2.08. The Labute approximate surface area is 125 Å². The van der Waals surface area contributed by atoms with E-state index < -0.39 is 0 Å². The van der Waals surface area contributed by atoms with Crippen molar-refractivity contribution in [3.05, 3.63) is 35.9 Å². The molecule has 6 heteroatoms. The number of hydrogen-bond acceptors (Lipinski definition) is 5. The zero-order valence-corrected chi connectivity index (χ0v) is 12.8. The average molecular weight is 290 g/mol. The van der Waals surface area contributed by atoms with Gasteiger partial charge in [0.1, 0.15) is 12.2 Å². The van der Waals surface area contributed by atoms with Gasteiger partial charge in [-0.3, -0.25) is 0 Å². The maximum atomic E-state index is 5.31. The second-order valence-electron chi connectivity index (χ2n) is 4.61. The third-order valence-electron chi connectivity index (χ3n) is 3.32. The van der Waals surface area contributed by atoms with Crippen molar-refractivity contribution < 1.29 is 9.47 Å². The van der Waals surface area contributed by atoms with Crippen molar-refractivity contribution in [2.45, 2.75) is 26.4 Å². The van der Waals surface area contributed by atoms with Crippen molar-refractivity contribution in [3.8, 4) is 11.5 Å². The summed E-state index contributed by atoms with van der Waals surface area (Å²) in [6, 6.07) is 5.99. The fourth-order valence-corrected chi connectivity index (χ4v) is 2.16. The number of benzene rings is 1. The first kappa shape index (κ1) is 15.3. The number of nitrogens with zero attached hydrogens (tertiary/aromatic N) is 3. The smallest absolute Gasteiger partial charge is 0.160 e. The fourth-order valence-electron chi connectivity index (χ4n) is 2.16. The van der Waals surface area contributed by atoms with Gasteiger partial charge in [0.05, 0.1) is 20.8 Å². The van der Waals surface area contributed by atoms with E-state index in [1.807, 2.05) is 16.8 Å². The summed E-state index contributed by atoms with van der Waals surface area (Å²) >= 11 is 0. The van der Waals surface area contributed by atoms with Crippen molar-refractivity contribution in [1.29, 1.82) is 0 Å². The Morgan fingerprint density at radius 3 is 2.71 bits per heavy atom. The molecule has 0 atom stereocenters. The van der Waals surface area contributed by atoms with Crippen LogP contribution in [0, 0.1) is 0 Å². The standard InChI is InChI=1S/C15H22N4O2/c1-4-19-15(17-11-18-19)10-16-8-7-12-5-6-13(20-2)14(9-12)21-3/h5-6,9,11,16H,4,7-8,10H2,1-3H3. The highest BCUT2D eigenvalue weighted by molar-refractivity contribution is 5.42. The second kappa shape index (κ2) is 7.64. The summed E-state index contributed by atoms with van der Waals surface area (Å²) in [5, 5.41) is 7.53. The van der Waals surface area contributed by atoms with Gasteiger partial charge in [-0.25, -0.2) is 9.67 Å². The molecule has 1 aromatic carbocycles. The van der Waals surface area contributed by atoms with E-state index in [0.29, 0.717) is 0 Å². The summed E-state index contributed by atoms with van der Waals surface area (Å²) < 4.78 is 12.4. The first-order chi connectivity index (χ1) is 10.3. The highest BCUT2D eigenvalue weighted by atomic mass is 16.5. The van der Waals surface area contributed by atoms with E-state index in [0.717, 1.165) is 43.4 Å². The number of aromatic nitrogens is 3. The summed E-state index contributed by atoms with van der Waals surface area (Å²) in [6.45, 7) is 4.49. The Morgan fingerprint density at radius 2 is 2.00 bits per heavy atom. The summed E-state index contributed by atoms with van der Waals surface area (Å²) in [4.78, 5) is 4.23. The quantitative estimate of drug-likeness (QED) is 0.749. The van der Waals surface area contributed by atoms with Crippen LogP contribution in [-0.2, 0) is 19.5 Å². The third-order valence-corrected chi connectivity index (χ3v) is 3.32. The van der Waals surface area contributed by atoms with E-state index >= 15 is 0 Å². The molecule has 1 aromatic heterocycles. The molecule has 0 aliphatic rings. The predicted octanol–water partition coefficient (Wildman–Crippen LogP) is 1.65. The van der Waals surface area contributed by atoms with Gasteiger partial charge < -0.3 is 14.8 Å². The van der Waals surface area contributed by atoms with Crippen LogP contribution >= 0.6 is 0 Å². The van der Waals surface area contributed by atoms with Gasteiger partial charge in [0.15, 0.2) is 11.5 Å². The van der Waals surface area contributed by atoms with E-state index in [1.165, 1.54) is 5.56 Å². The molecule has 114 valence electrons. The van der Waals surface area contributed by atoms with Crippen molar-refractivity contribution in [2.75, 3.05) is 20.8 Å². The molecule has 1 heterocycles. The molecule has 0 bridgehead atoms. The zero-order valence-electron chi connectivity index (χ0n) is 12.8. The van der Waals surface area contributed by atoms with Gasteiger partial charge in [-0.2, -0.15) is 5.10 Å². The first-order valence-corrected chi connectivity index (χ1v) is 7.06. The highest BCUT2D eigenvalue weighted by Gasteiger charge is 2.05. The Morgan fingerprint density at radius 1 is 1.19 bits per heavy atom. The van der Waals surface area contributed by atoms with Crippen LogP contribution < -0.4 is 14.8 Å². The lowest BCUT2D eigenvalue weighted by Crippen LogP contribution is -2.20. The molecule has 1 N–H and O–H groups in total. The van der Waals surface area contributed by atoms with Crippen LogP contribution in [-0.4, -0.2) is 35.5 Å². The molecule has 0 aliphatic carbocycles. The number of ether oxygens (including phenoxy) is 2. The van der Waals surface area contributed by atoms with Gasteiger partial charge >= 0.3 is 0 Å². The van der Waals surface area contributed by atoms with Crippen molar-refractivity contribution in [3.63, 3.8) is 0 Å². The predicted molar refractivity (Wildman–Crippen MR) is 80.7 cm³/mol. The lowest BCUT2D eigenvalue weighted by molar-refractivity contribution is 0.354. The fraction of sp³-hybridized carbons (Fsp3) is 0.467. The molecular formula is C15H22N4O2. The largest absolute Gasteiger partial charge is 0.493 e. The van der Waals surface area contributed by atoms with Crippen LogP contribution in [0.2, 0.25) is 0 Å². The number of rotatable bonds is 8. The number of aryl methyl sites for hydroxylation is 1. The Kier molecular flexibility index (Phi) is 5.57. The Balaban J connectivity index is 1.83. The molecule has 0 fully saturated rings. The lowest BCUT2D eigenvalue weighted by atomic mass is 10.1. The van der Waals surface area contributed by atoms with Crippen molar-refractivity contribution >= 4 is 0 Å². The number of hydrogen-bond donors (Lipinski definition) is 1. The molecule has 0 saturated carbocycles. The van der Waals surface area contributed by atoms with Crippen molar-refractivity contribution in [1.82, 2.24) is 20.1 Å². The van der Waals surface area contributed by atoms with Gasteiger partial charge in [-0.1, -0.05) is 6.07 Å². The van der Waals surface area contributed by atoms with Gasteiger partial charge in [-0.05, 0) is 37.6 Å². The van der Waals surface area contributed by atoms with Gasteiger partial charge in [0.2, 0.25) is 0 Å². The first-order valence-electron chi connectivity index (χ1n) is 7.06. The lowest BCUT2D eigenvalue weighted by Gasteiger charge is -2.10. The molecule has 0 aliphatic heterocycles. The third kappa shape index (κ3) is 3.95. The molecule has 0 saturated heterocycles. The highest BCUT2D eigenvalue weighted by Crippen LogP contribution is 2.27. The maximum absolute atomic E-state index is 5.31. The van der Waals surface area contributed by atoms with E-state index in [-0.39, 0.29) is 0 Å². The monoisotopic (exact) mass is 290 g/mol. The normalized spacial score (nSPS) is 10.6. The van der Waals surface area contributed by atoms with E-state index in [2.05, 4.69) is 28.4 Å². The second-order valence-corrected chi connectivity index (χ2v) is 4.61. The minimum absolute atomic E-state index is 0.723. The van der Waals surface area contributed by atoms with Crippen molar-refractivity contribution in [2.24, 2.45) is 0 Å². The van der Waals surface area contributed by atoms with Gasteiger partial charge in [0.25, 0.3) is 0 Å². The van der Waals surface area contributed by atoms with E-state index in [9.17, 15) is 0 Å². The maximum Gasteiger partial charge on any atom is 0.160 e. The van der Waals surface area contributed by atoms with Crippen LogP contribution in [0.25, 0.3) is 0 Å². The van der Waals surface area contributed by atoms with Crippen LogP contribution in [0.1, 0.15) is 18.3 Å². The van der Waals surface area contributed by atoms with Gasteiger partial charge in [-0.15, -0.1) is 0 Å².